The molecule has 4 nitrogen and oxygen atoms in total. The molecule has 0 heterocycles. The number of allylic oxidation sites excluding steroid dienone is 1. The fraction of sp³-hybridized carbons (Fsp3) is 0.250. The largest absolute Gasteiger partial charge is 0.511 e. The molecular weight excluding hydrogens is 238 g/mol. The van der Waals surface area contributed by atoms with Crippen molar-refractivity contribution in [2.24, 2.45) is 0 Å². The van der Waals surface area contributed by atoms with Gasteiger partial charge in [-0.25, -0.2) is 0 Å². The molecule has 0 aromatic heterocycles. The SMILES string of the molecule is C/C(O)=C(\SCCO)C(=O)Nc1ccccc1. The van der Waals surface area contributed by atoms with Crippen LogP contribution in [0, 0.1) is 0 Å². The number of amides is 1. The highest BCUT2D eigenvalue weighted by atomic mass is 32.2. The number of benzene rings is 1. The third kappa shape index (κ3) is 4.50. The van der Waals surface area contributed by atoms with E-state index in [9.17, 15) is 9.90 Å². The van der Waals surface area contributed by atoms with Crippen molar-refractivity contribution in [3.63, 3.8) is 0 Å². The lowest BCUT2D eigenvalue weighted by molar-refractivity contribution is -0.112. The van der Waals surface area contributed by atoms with Crippen molar-refractivity contribution < 1.29 is 15.0 Å². The van der Waals surface area contributed by atoms with E-state index in [1.165, 1.54) is 6.92 Å². The second-order valence-corrected chi connectivity index (χ2v) is 4.41. The minimum Gasteiger partial charge on any atom is -0.511 e. The molecule has 92 valence electrons. The molecule has 0 radical (unpaired) electrons. The number of aliphatic hydroxyl groups is 2. The van der Waals surface area contributed by atoms with E-state index in [0.717, 1.165) is 11.8 Å². The summed E-state index contributed by atoms with van der Waals surface area (Å²) in [6, 6.07) is 9.00. The molecule has 1 rings (SSSR count). The van der Waals surface area contributed by atoms with Crippen LogP contribution in [0.4, 0.5) is 5.69 Å². The molecule has 0 saturated heterocycles. The van der Waals surface area contributed by atoms with Crippen molar-refractivity contribution in [2.45, 2.75) is 6.92 Å². The lowest BCUT2D eigenvalue weighted by Crippen LogP contribution is -2.14. The maximum absolute atomic E-state index is 11.8. The number of aliphatic hydroxyl groups excluding tert-OH is 2. The van der Waals surface area contributed by atoms with E-state index < -0.39 is 0 Å². The van der Waals surface area contributed by atoms with E-state index >= 15 is 0 Å². The van der Waals surface area contributed by atoms with Gasteiger partial charge in [0.2, 0.25) is 0 Å². The first kappa shape index (κ1) is 13.6. The fourth-order valence-corrected chi connectivity index (χ4v) is 1.88. The number of rotatable bonds is 5. The topological polar surface area (TPSA) is 69.6 Å². The van der Waals surface area contributed by atoms with Crippen LogP contribution in [0.15, 0.2) is 41.0 Å². The van der Waals surface area contributed by atoms with Crippen LogP contribution in [0.2, 0.25) is 0 Å². The Hall–Kier alpha value is -1.46. The van der Waals surface area contributed by atoms with Gasteiger partial charge in [-0.2, -0.15) is 0 Å². The molecule has 1 aromatic carbocycles. The lowest BCUT2D eigenvalue weighted by Gasteiger charge is -2.08. The molecule has 0 aliphatic rings. The van der Waals surface area contributed by atoms with Crippen LogP contribution in [-0.4, -0.2) is 28.5 Å². The minimum atomic E-state index is -0.366. The molecule has 17 heavy (non-hydrogen) atoms. The first-order valence-corrected chi connectivity index (χ1v) is 6.13. The van der Waals surface area contributed by atoms with Gasteiger partial charge in [-0.3, -0.25) is 4.79 Å². The molecule has 0 atom stereocenters. The summed E-state index contributed by atoms with van der Waals surface area (Å²) in [5.41, 5.74) is 0.667. The molecule has 5 heteroatoms. The average molecular weight is 253 g/mol. The van der Waals surface area contributed by atoms with Gasteiger partial charge in [0.25, 0.3) is 5.91 Å². The van der Waals surface area contributed by atoms with Crippen LogP contribution in [-0.2, 0) is 4.79 Å². The highest BCUT2D eigenvalue weighted by Crippen LogP contribution is 2.20. The second-order valence-electron chi connectivity index (χ2n) is 3.31. The summed E-state index contributed by atoms with van der Waals surface area (Å²) in [7, 11) is 0. The van der Waals surface area contributed by atoms with E-state index in [0.29, 0.717) is 11.4 Å². The van der Waals surface area contributed by atoms with Gasteiger partial charge in [-0.1, -0.05) is 18.2 Å². The zero-order valence-electron chi connectivity index (χ0n) is 9.51. The smallest absolute Gasteiger partial charge is 0.265 e. The van der Waals surface area contributed by atoms with Gasteiger partial charge in [0.05, 0.1) is 6.61 Å². The van der Waals surface area contributed by atoms with Crippen LogP contribution in [0.25, 0.3) is 0 Å². The van der Waals surface area contributed by atoms with Crippen molar-refractivity contribution in [3.8, 4) is 0 Å². The van der Waals surface area contributed by atoms with E-state index in [2.05, 4.69) is 5.32 Å². The van der Waals surface area contributed by atoms with Gasteiger partial charge < -0.3 is 15.5 Å². The molecule has 0 spiro atoms. The Morgan fingerprint density at radius 3 is 2.53 bits per heavy atom. The zero-order valence-corrected chi connectivity index (χ0v) is 10.3. The van der Waals surface area contributed by atoms with Crippen LogP contribution >= 0.6 is 11.8 Å². The summed E-state index contributed by atoms with van der Waals surface area (Å²) in [6.45, 7) is 1.41. The maximum Gasteiger partial charge on any atom is 0.265 e. The fourth-order valence-electron chi connectivity index (χ4n) is 1.19. The van der Waals surface area contributed by atoms with Crippen LogP contribution < -0.4 is 5.32 Å². The molecule has 0 saturated carbocycles. The molecule has 0 fully saturated rings. The highest BCUT2D eigenvalue weighted by Gasteiger charge is 2.13. The quantitative estimate of drug-likeness (QED) is 0.555. The highest BCUT2D eigenvalue weighted by molar-refractivity contribution is 8.04. The van der Waals surface area contributed by atoms with Crippen LogP contribution in [0.5, 0.6) is 0 Å². The molecule has 0 bridgehead atoms. The van der Waals surface area contributed by atoms with Gasteiger partial charge >= 0.3 is 0 Å². The second kappa shape index (κ2) is 6.98. The first-order valence-electron chi connectivity index (χ1n) is 5.15. The Morgan fingerprint density at radius 2 is 2.00 bits per heavy atom. The Morgan fingerprint density at radius 1 is 1.35 bits per heavy atom. The third-order valence-electron chi connectivity index (χ3n) is 1.90. The Kier molecular flexibility index (Phi) is 5.59. The molecule has 0 aliphatic carbocycles. The number of hydrogen-bond acceptors (Lipinski definition) is 4. The number of anilines is 1. The predicted octanol–water partition coefficient (Wildman–Crippen LogP) is 2.14. The number of carbonyl (C=O) groups is 1. The zero-order chi connectivity index (χ0) is 12.7. The number of thioether (sulfide) groups is 1. The Balaban J connectivity index is 2.70. The van der Waals surface area contributed by atoms with Crippen molar-refractivity contribution >= 4 is 23.4 Å². The predicted molar refractivity (Wildman–Crippen MR) is 69.9 cm³/mol. The van der Waals surface area contributed by atoms with E-state index in [4.69, 9.17) is 5.11 Å². The van der Waals surface area contributed by atoms with Gasteiger partial charge in [0.15, 0.2) is 0 Å². The summed E-state index contributed by atoms with van der Waals surface area (Å²) >= 11 is 1.12. The van der Waals surface area contributed by atoms with Crippen LogP contribution in [0.3, 0.4) is 0 Å². The number of para-hydroxylation sites is 1. The summed E-state index contributed by atoms with van der Waals surface area (Å²) in [6.07, 6.45) is 0. The van der Waals surface area contributed by atoms with Gasteiger partial charge in [0.1, 0.15) is 10.7 Å². The maximum atomic E-state index is 11.8. The number of nitrogens with one attached hydrogen (secondary N) is 1. The Bertz CT molecular complexity index is 399. The lowest BCUT2D eigenvalue weighted by atomic mass is 10.3. The molecule has 1 amide bonds. The van der Waals surface area contributed by atoms with E-state index in [-0.39, 0.29) is 23.2 Å². The van der Waals surface area contributed by atoms with Crippen molar-refractivity contribution in [1.29, 1.82) is 0 Å². The Labute approximate surface area is 104 Å². The standard InChI is InChI=1S/C12H15NO3S/c1-9(15)11(17-8-7-14)12(16)13-10-5-3-2-4-6-10/h2-6,14-15H,7-8H2,1H3,(H,13,16)/b11-9+. The summed E-state index contributed by atoms with van der Waals surface area (Å²) in [5, 5.41) is 20.8. The summed E-state index contributed by atoms with van der Waals surface area (Å²) < 4.78 is 0. The molecular formula is C12H15NO3S. The summed E-state index contributed by atoms with van der Waals surface area (Å²) in [5.74, 6) is -0.0401. The summed E-state index contributed by atoms with van der Waals surface area (Å²) in [4.78, 5) is 12.1. The van der Waals surface area contributed by atoms with Crippen molar-refractivity contribution in [2.75, 3.05) is 17.7 Å². The number of carbonyl (C=O) groups excluding carboxylic acids is 1. The molecule has 1 aromatic rings. The van der Waals surface area contributed by atoms with Gasteiger partial charge in [0, 0.05) is 11.4 Å². The van der Waals surface area contributed by atoms with E-state index in [1.54, 1.807) is 12.1 Å². The van der Waals surface area contributed by atoms with E-state index in [1.807, 2.05) is 18.2 Å². The van der Waals surface area contributed by atoms with Gasteiger partial charge in [-0.15, -0.1) is 11.8 Å². The molecule has 3 N–H and O–H groups in total. The normalized spacial score (nSPS) is 11.9. The van der Waals surface area contributed by atoms with Crippen LogP contribution in [0.1, 0.15) is 6.92 Å². The van der Waals surface area contributed by atoms with Crippen molar-refractivity contribution in [3.05, 3.63) is 41.0 Å². The third-order valence-corrected chi connectivity index (χ3v) is 3.06. The average Bonchev–Trinajstić information content (AvgIpc) is 2.30. The molecule has 0 unspecified atom stereocenters. The molecule has 0 aliphatic heterocycles. The van der Waals surface area contributed by atoms with Crippen molar-refractivity contribution in [1.82, 2.24) is 0 Å². The monoisotopic (exact) mass is 253 g/mol. The number of hydrogen-bond donors (Lipinski definition) is 3. The van der Waals surface area contributed by atoms with Gasteiger partial charge in [-0.05, 0) is 19.1 Å². The first-order chi connectivity index (χ1) is 8.15. The minimum absolute atomic E-state index is 0.0416.